The zero-order chi connectivity index (χ0) is 19.3. The molecule has 5 rings (SSSR count). The van der Waals surface area contributed by atoms with Gasteiger partial charge in [0.1, 0.15) is 5.75 Å². The van der Waals surface area contributed by atoms with Gasteiger partial charge in [0.15, 0.2) is 0 Å². The molecule has 0 atom stereocenters. The number of nitrogens with zero attached hydrogens (tertiary/aromatic N) is 2. The molecule has 0 saturated heterocycles. The maximum Gasteiger partial charge on any atom is 0.203 e. The van der Waals surface area contributed by atoms with Crippen molar-refractivity contribution in [3.8, 4) is 28.4 Å². The number of rotatable bonds is 3. The van der Waals surface area contributed by atoms with Crippen molar-refractivity contribution in [2.75, 3.05) is 7.11 Å². The molecule has 0 fully saturated rings. The van der Waals surface area contributed by atoms with Crippen LogP contribution in [0.3, 0.4) is 0 Å². The standard InChI is InChI=1S/C24H20N2O2/c1-25-12-11-18-13-20(7-10-23(18)25)26-15-19-4-3-17(14-22(19)24(26)27)16-5-8-21(28-2)9-6-16/h3-15,27H,1-2H3. The molecular weight excluding hydrogens is 348 g/mol. The molecule has 0 aliphatic rings. The van der Waals surface area contributed by atoms with E-state index in [1.807, 2.05) is 66.5 Å². The summed E-state index contributed by atoms with van der Waals surface area (Å²) in [5.74, 6) is 1.08. The molecule has 0 aliphatic carbocycles. The van der Waals surface area contributed by atoms with E-state index in [4.69, 9.17) is 4.74 Å². The van der Waals surface area contributed by atoms with Gasteiger partial charge in [0.25, 0.3) is 0 Å². The molecule has 1 N–H and O–H groups in total. The Morgan fingerprint density at radius 2 is 1.61 bits per heavy atom. The van der Waals surface area contributed by atoms with E-state index in [1.54, 1.807) is 7.11 Å². The van der Waals surface area contributed by atoms with Crippen LogP contribution < -0.4 is 4.74 Å². The minimum Gasteiger partial charge on any atom is -0.497 e. The van der Waals surface area contributed by atoms with Crippen molar-refractivity contribution in [3.05, 3.63) is 79.1 Å². The summed E-state index contributed by atoms with van der Waals surface area (Å²) < 4.78 is 9.17. The molecule has 0 saturated carbocycles. The molecule has 2 aromatic heterocycles. The van der Waals surface area contributed by atoms with Crippen LogP contribution in [0.5, 0.6) is 11.6 Å². The summed E-state index contributed by atoms with van der Waals surface area (Å²) in [5, 5.41) is 13.9. The average Bonchev–Trinajstić information content (AvgIpc) is 3.27. The maximum absolute atomic E-state index is 10.9. The molecule has 4 nitrogen and oxygen atoms in total. The van der Waals surface area contributed by atoms with Crippen molar-refractivity contribution < 1.29 is 9.84 Å². The number of fused-ring (bicyclic) bond motifs is 2. The number of ether oxygens (including phenoxy) is 1. The quantitative estimate of drug-likeness (QED) is 0.456. The molecule has 2 heterocycles. The van der Waals surface area contributed by atoms with Gasteiger partial charge in [-0.25, -0.2) is 0 Å². The lowest BCUT2D eigenvalue weighted by molar-refractivity contribution is 0.415. The highest BCUT2D eigenvalue weighted by atomic mass is 16.5. The van der Waals surface area contributed by atoms with Crippen LogP contribution in [0.25, 0.3) is 38.5 Å². The van der Waals surface area contributed by atoms with Crippen molar-refractivity contribution in [3.63, 3.8) is 0 Å². The van der Waals surface area contributed by atoms with Gasteiger partial charge in [-0.05, 0) is 53.6 Å². The van der Waals surface area contributed by atoms with E-state index in [0.717, 1.165) is 38.7 Å². The number of benzene rings is 3. The molecule has 0 unspecified atom stereocenters. The fraction of sp³-hybridized carbons (Fsp3) is 0.0833. The normalized spacial score (nSPS) is 11.4. The van der Waals surface area contributed by atoms with Crippen LogP contribution in [0, 0.1) is 0 Å². The predicted molar refractivity (Wildman–Crippen MR) is 113 cm³/mol. The summed E-state index contributed by atoms with van der Waals surface area (Å²) in [5.41, 5.74) is 4.25. The molecule has 138 valence electrons. The van der Waals surface area contributed by atoms with Crippen molar-refractivity contribution >= 4 is 21.7 Å². The van der Waals surface area contributed by atoms with Gasteiger partial charge in [0, 0.05) is 46.8 Å². The molecule has 0 bridgehead atoms. The summed E-state index contributed by atoms with van der Waals surface area (Å²) in [6.45, 7) is 0. The Kier molecular flexibility index (Phi) is 3.66. The highest BCUT2D eigenvalue weighted by Crippen LogP contribution is 2.34. The summed E-state index contributed by atoms with van der Waals surface area (Å²) in [4.78, 5) is 0. The highest BCUT2D eigenvalue weighted by Gasteiger charge is 2.12. The molecule has 0 radical (unpaired) electrons. The van der Waals surface area contributed by atoms with E-state index in [-0.39, 0.29) is 5.88 Å². The highest BCUT2D eigenvalue weighted by molar-refractivity contribution is 5.93. The van der Waals surface area contributed by atoms with Gasteiger partial charge in [-0.3, -0.25) is 4.57 Å². The molecule has 0 aliphatic heterocycles. The minimum absolute atomic E-state index is 0.251. The Morgan fingerprint density at radius 3 is 2.39 bits per heavy atom. The Morgan fingerprint density at radius 1 is 0.821 bits per heavy atom. The largest absolute Gasteiger partial charge is 0.497 e. The van der Waals surface area contributed by atoms with Crippen LogP contribution in [0.1, 0.15) is 0 Å². The Bertz CT molecular complexity index is 1310. The number of aryl methyl sites for hydroxylation is 1. The molecule has 28 heavy (non-hydrogen) atoms. The summed E-state index contributed by atoms with van der Waals surface area (Å²) in [6, 6.07) is 22.4. The topological polar surface area (TPSA) is 39.3 Å². The minimum atomic E-state index is 0.251. The van der Waals surface area contributed by atoms with Crippen molar-refractivity contribution in [2.24, 2.45) is 7.05 Å². The second-order valence-corrected chi connectivity index (χ2v) is 7.02. The predicted octanol–water partition coefficient (Wildman–Crippen LogP) is 5.50. The second-order valence-electron chi connectivity index (χ2n) is 7.02. The lowest BCUT2D eigenvalue weighted by Gasteiger charge is -2.06. The van der Waals surface area contributed by atoms with E-state index in [1.165, 1.54) is 5.52 Å². The average molecular weight is 368 g/mol. The van der Waals surface area contributed by atoms with E-state index in [2.05, 4.69) is 28.8 Å². The molecule has 0 amide bonds. The smallest absolute Gasteiger partial charge is 0.203 e. The molecule has 5 aromatic rings. The first-order valence-corrected chi connectivity index (χ1v) is 9.18. The van der Waals surface area contributed by atoms with E-state index >= 15 is 0 Å². The third-order valence-electron chi connectivity index (χ3n) is 5.36. The fourth-order valence-corrected chi connectivity index (χ4v) is 3.77. The Balaban J connectivity index is 1.61. The molecule has 4 heteroatoms. The fourth-order valence-electron chi connectivity index (χ4n) is 3.77. The first-order valence-electron chi connectivity index (χ1n) is 9.18. The van der Waals surface area contributed by atoms with Crippen molar-refractivity contribution in [1.82, 2.24) is 9.13 Å². The first-order chi connectivity index (χ1) is 13.6. The van der Waals surface area contributed by atoms with Gasteiger partial charge in [0.05, 0.1) is 7.11 Å². The summed E-state index contributed by atoms with van der Waals surface area (Å²) in [6.07, 6.45) is 4.02. The summed E-state index contributed by atoms with van der Waals surface area (Å²) >= 11 is 0. The van der Waals surface area contributed by atoms with Gasteiger partial charge in [-0.1, -0.05) is 24.3 Å². The van der Waals surface area contributed by atoms with E-state index in [0.29, 0.717) is 0 Å². The van der Waals surface area contributed by atoms with Crippen molar-refractivity contribution in [1.29, 1.82) is 0 Å². The van der Waals surface area contributed by atoms with E-state index in [9.17, 15) is 5.11 Å². The van der Waals surface area contributed by atoms with Crippen LogP contribution in [0.15, 0.2) is 79.1 Å². The van der Waals surface area contributed by atoms with Crippen LogP contribution in [0.2, 0.25) is 0 Å². The van der Waals surface area contributed by atoms with E-state index < -0.39 is 0 Å². The van der Waals surface area contributed by atoms with Crippen LogP contribution in [-0.4, -0.2) is 21.4 Å². The van der Waals surface area contributed by atoms with Gasteiger partial charge in [-0.15, -0.1) is 0 Å². The lowest BCUT2D eigenvalue weighted by Crippen LogP contribution is -1.91. The first kappa shape index (κ1) is 16.5. The molecular formula is C24H20N2O2. The van der Waals surface area contributed by atoms with Crippen LogP contribution >= 0.6 is 0 Å². The van der Waals surface area contributed by atoms with Gasteiger partial charge in [-0.2, -0.15) is 0 Å². The summed E-state index contributed by atoms with van der Waals surface area (Å²) in [7, 11) is 3.69. The number of methoxy groups -OCH3 is 1. The van der Waals surface area contributed by atoms with Crippen molar-refractivity contribution in [2.45, 2.75) is 0 Å². The number of hydrogen-bond donors (Lipinski definition) is 1. The number of aromatic hydroxyl groups is 1. The Hall–Kier alpha value is -3.66. The van der Waals surface area contributed by atoms with Crippen LogP contribution in [0.4, 0.5) is 0 Å². The monoisotopic (exact) mass is 368 g/mol. The van der Waals surface area contributed by atoms with Gasteiger partial charge in [0.2, 0.25) is 5.88 Å². The SMILES string of the molecule is COc1ccc(-c2ccc3cn(-c4ccc5c(ccn5C)c4)c(O)c3c2)cc1. The molecule has 3 aromatic carbocycles. The second kappa shape index (κ2) is 6.20. The van der Waals surface area contributed by atoms with Gasteiger partial charge < -0.3 is 14.4 Å². The number of hydrogen-bond acceptors (Lipinski definition) is 2. The zero-order valence-corrected chi connectivity index (χ0v) is 15.8. The molecule has 0 spiro atoms. The van der Waals surface area contributed by atoms with Gasteiger partial charge >= 0.3 is 0 Å². The lowest BCUT2D eigenvalue weighted by atomic mass is 10.0. The Labute approximate surface area is 162 Å². The zero-order valence-electron chi connectivity index (χ0n) is 15.8. The maximum atomic E-state index is 10.9. The third kappa shape index (κ3) is 2.54. The van der Waals surface area contributed by atoms with Crippen LogP contribution in [-0.2, 0) is 7.05 Å². The third-order valence-corrected chi connectivity index (χ3v) is 5.36. The number of aromatic nitrogens is 2.